The van der Waals surface area contributed by atoms with E-state index in [1.807, 2.05) is 54.6 Å². The number of nitrogens with zero attached hydrogens (tertiary/aromatic N) is 3. The van der Waals surface area contributed by atoms with Gasteiger partial charge in [0.25, 0.3) is 0 Å². The topological polar surface area (TPSA) is 79.8 Å². The van der Waals surface area contributed by atoms with Crippen LogP contribution in [0.25, 0.3) is 20.8 Å². The number of thiazole rings is 1. The number of hydrogen-bond donors (Lipinski definition) is 2. The number of benzene rings is 3. The van der Waals surface area contributed by atoms with Gasteiger partial charge in [-0.1, -0.05) is 47.4 Å². The Morgan fingerprint density at radius 1 is 0.939 bits per heavy atom. The number of carbonyl (C=O) groups is 1. The molecule has 2 aromatic heterocycles. The standard InChI is InChI=1S/C24H19N5OS3/c1-15-7-12-19-20(13-15)32-22(27-19)16-8-10-18(11-9-16)25-21(30)14-31-24-29-28-23(33-24)26-17-5-3-2-4-6-17/h2-13H,14H2,1H3,(H,25,30)(H,26,28). The molecule has 0 aliphatic heterocycles. The van der Waals surface area contributed by atoms with Gasteiger partial charge in [-0.3, -0.25) is 4.79 Å². The molecule has 2 heterocycles. The quantitative estimate of drug-likeness (QED) is 0.251. The number of fused-ring (bicyclic) bond motifs is 1. The van der Waals surface area contributed by atoms with E-state index in [4.69, 9.17) is 4.98 Å². The van der Waals surface area contributed by atoms with E-state index in [0.29, 0.717) is 5.13 Å². The van der Waals surface area contributed by atoms with Gasteiger partial charge >= 0.3 is 0 Å². The van der Waals surface area contributed by atoms with Crippen LogP contribution in [0.2, 0.25) is 0 Å². The second-order valence-corrected chi connectivity index (χ2v) is 10.5. The molecule has 1 amide bonds. The summed E-state index contributed by atoms with van der Waals surface area (Å²) in [5.74, 6) is 0.176. The fourth-order valence-corrected chi connectivity index (χ4v) is 5.78. The number of aromatic nitrogens is 3. The largest absolute Gasteiger partial charge is 0.330 e. The molecule has 9 heteroatoms. The summed E-state index contributed by atoms with van der Waals surface area (Å²) in [4.78, 5) is 17.1. The third kappa shape index (κ3) is 5.39. The Bertz CT molecular complexity index is 1400. The monoisotopic (exact) mass is 489 g/mol. The normalized spacial score (nSPS) is 10.9. The molecular weight excluding hydrogens is 470 g/mol. The van der Waals surface area contributed by atoms with Crippen LogP contribution in [0.1, 0.15) is 5.56 Å². The number of amides is 1. The van der Waals surface area contributed by atoms with Crippen LogP contribution in [0.4, 0.5) is 16.5 Å². The van der Waals surface area contributed by atoms with Crippen LogP contribution in [-0.2, 0) is 4.79 Å². The minimum absolute atomic E-state index is 0.0871. The molecular formula is C24H19N5OS3. The van der Waals surface area contributed by atoms with Crippen molar-refractivity contribution in [2.75, 3.05) is 16.4 Å². The number of nitrogens with one attached hydrogen (secondary N) is 2. The molecule has 0 atom stereocenters. The van der Waals surface area contributed by atoms with E-state index in [0.717, 1.165) is 31.8 Å². The molecule has 0 unspecified atom stereocenters. The summed E-state index contributed by atoms with van der Waals surface area (Å²) in [6.45, 7) is 2.08. The molecule has 0 aliphatic carbocycles. The van der Waals surface area contributed by atoms with Crippen LogP contribution in [0.3, 0.4) is 0 Å². The SMILES string of the molecule is Cc1ccc2nc(-c3ccc(NC(=O)CSc4nnc(Nc5ccccc5)s4)cc3)sc2c1. The van der Waals surface area contributed by atoms with Crippen LogP contribution in [0, 0.1) is 6.92 Å². The summed E-state index contributed by atoms with van der Waals surface area (Å²) in [5, 5.41) is 16.1. The third-order valence-corrected chi connectivity index (χ3v) is 7.76. The first kappa shape index (κ1) is 21.6. The molecule has 6 nitrogen and oxygen atoms in total. The Morgan fingerprint density at radius 2 is 1.76 bits per heavy atom. The molecule has 0 radical (unpaired) electrons. The van der Waals surface area contributed by atoms with Crippen LogP contribution in [0.15, 0.2) is 77.1 Å². The number of rotatable bonds is 7. The van der Waals surface area contributed by atoms with Gasteiger partial charge in [0, 0.05) is 16.9 Å². The number of hydrogen-bond acceptors (Lipinski definition) is 8. The summed E-state index contributed by atoms with van der Waals surface area (Å²) >= 11 is 4.46. The van der Waals surface area contributed by atoms with E-state index in [-0.39, 0.29) is 11.7 Å². The molecule has 0 spiro atoms. The number of anilines is 3. The molecule has 2 N–H and O–H groups in total. The number of thioether (sulfide) groups is 1. The van der Waals surface area contributed by atoms with Gasteiger partial charge in [-0.15, -0.1) is 21.5 Å². The number of carbonyl (C=O) groups excluding carboxylic acids is 1. The van der Waals surface area contributed by atoms with Gasteiger partial charge < -0.3 is 10.6 Å². The molecule has 0 saturated carbocycles. The molecule has 33 heavy (non-hydrogen) atoms. The zero-order valence-electron chi connectivity index (χ0n) is 17.6. The van der Waals surface area contributed by atoms with Crippen LogP contribution < -0.4 is 10.6 Å². The van der Waals surface area contributed by atoms with Crippen LogP contribution in [0.5, 0.6) is 0 Å². The van der Waals surface area contributed by atoms with Gasteiger partial charge in [-0.05, 0) is 61.0 Å². The lowest BCUT2D eigenvalue weighted by molar-refractivity contribution is -0.113. The zero-order valence-corrected chi connectivity index (χ0v) is 20.1. The molecule has 5 aromatic rings. The molecule has 164 valence electrons. The van der Waals surface area contributed by atoms with Gasteiger partial charge in [0.15, 0.2) is 4.34 Å². The van der Waals surface area contributed by atoms with Gasteiger partial charge in [-0.2, -0.15) is 0 Å². The van der Waals surface area contributed by atoms with E-state index in [1.165, 1.54) is 33.4 Å². The van der Waals surface area contributed by atoms with E-state index in [1.54, 1.807) is 11.3 Å². The Labute approximate surface area is 203 Å². The first-order valence-corrected chi connectivity index (χ1v) is 12.8. The fourth-order valence-electron chi connectivity index (χ4n) is 3.14. The third-order valence-electron chi connectivity index (χ3n) is 4.72. The van der Waals surface area contributed by atoms with E-state index in [2.05, 4.69) is 46.0 Å². The first-order chi connectivity index (χ1) is 16.1. The molecule has 0 saturated heterocycles. The zero-order chi connectivity index (χ0) is 22.6. The smallest absolute Gasteiger partial charge is 0.234 e. The molecule has 5 rings (SSSR count). The minimum Gasteiger partial charge on any atom is -0.330 e. The van der Waals surface area contributed by atoms with Crippen molar-refractivity contribution in [2.24, 2.45) is 0 Å². The number of aryl methyl sites for hydroxylation is 1. The molecule has 0 fully saturated rings. The second kappa shape index (κ2) is 9.70. The van der Waals surface area contributed by atoms with Gasteiger partial charge in [0.05, 0.1) is 16.0 Å². The lowest BCUT2D eigenvalue weighted by Crippen LogP contribution is -2.13. The molecule has 3 aromatic carbocycles. The summed E-state index contributed by atoms with van der Waals surface area (Å²) in [5.41, 5.74) is 4.98. The van der Waals surface area contributed by atoms with Crippen LogP contribution in [-0.4, -0.2) is 26.8 Å². The predicted molar refractivity (Wildman–Crippen MR) is 139 cm³/mol. The van der Waals surface area contributed by atoms with Gasteiger partial charge in [-0.25, -0.2) is 4.98 Å². The van der Waals surface area contributed by atoms with Crippen molar-refractivity contribution in [3.63, 3.8) is 0 Å². The van der Waals surface area contributed by atoms with Crippen LogP contribution >= 0.6 is 34.4 Å². The summed E-state index contributed by atoms with van der Waals surface area (Å²) in [6.07, 6.45) is 0. The summed E-state index contributed by atoms with van der Waals surface area (Å²) in [6, 6.07) is 23.9. The highest BCUT2D eigenvalue weighted by Crippen LogP contribution is 2.31. The maximum absolute atomic E-state index is 12.4. The maximum Gasteiger partial charge on any atom is 0.234 e. The highest BCUT2D eigenvalue weighted by molar-refractivity contribution is 8.01. The first-order valence-electron chi connectivity index (χ1n) is 10.2. The molecule has 0 aliphatic rings. The average molecular weight is 490 g/mol. The van der Waals surface area contributed by atoms with Gasteiger partial charge in [0.1, 0.15) is 5.01 Å². The van der Waals surface area contributed by atoms with E-state index in [9.17, 15) is 4.79 Å². The van der Waals surface area contributed by atoms with Crippen molar-refractivity contribution in [3.8, 4) is 10.6 Å². The Hall–Kier alpha value is -3.27. The Kier molecular flexibility index (Phi) is 6.34. The number of para-hydroxylation sites is 1. The maximum atomic E-state index is 12.4. The van der Waals surface area contributed by atoms with Crippen molar-refractivity contribution in [3.05, 3.63) is 78.4 Å². The van der Waals surface area contributed by atoms with Gasteiger partial charge in [0.2, 0.25) is 11.0 Å². The second-order valence-electron chi connectivity index (χ2n) is 7.27. The lowest BCUT2D eigenvalue weighted by atomic mass is 10.2. The van der Waals surface area contributed by atoms with Crippen molar-refractivity contribution in [1.29, 1.82) is 0 Å². The minimum atomic E-state index is -0.0871. The molecule has 0 bridgehead atoms. The predicted octanol–water partition coefficient (Wildman–Crippen LogP) is 6.60. The van der Waals surface area contributed by atoms with Crippen molar-refractivity contribution in [2.45, 2.75) is 11.3 Å². The van der Waals surface area contributed by atoms with E-state index < -0.39 is 0 Å². The Morgan fingerprint density at radius 3 is 2.58 bits per heavy atom. The lowest BCUT2D eigenvalue weighted by Gasteiger charge is -2.05. The van der Waals surface area contributed by atoms with Crippen molar-refractivity contribution >= 4 is 67.1 Å². The van der Waals surface area contributed by atoms with Crippen molar-refractivity contribution < 1.29 is 4.79 Å². The van der Waals surface area contributed by atoms with E-state index >= 15 is 0 Å². The average Bonchev–Trinajstić information content (AvgIpc) is 3.45. The Balaban J connectivity index is 1.16. The highest BCUT2D eigenvalue weighted by atomic mass is 32.2. The summed E-state index contributed by atoms with van der Waals surface area (Å²) < 4.78 is 1.92. The highest BCUT2D eigenvalue weighted by Gasteiger charge is 2.10. The summed E-state index contributed by atoms with van der Waals surface area (Å²) in [7, 11) is 0. The van der Waals surface area contributed by atoms with Crippen molar-refractivity contribution in [1.82, 2.24) is 15.2 Å². The fraction of sp³-hybridized carbons (Fsp3) is 0.0833.